The molecule has 0 aromatic carbocycles. The van der Waals surface area contributed by atoms with Gasteiger partial charge in [-0.15, -0.1) is 0 Å². The molecule has 1 heterocycles. The SMILES string of the molecule is CC(C)NCc1nc2c([nH]1)CCC2. The van der Waals surface area contributed by atoms with Gasteiger partial charge in [-0.1, -0.05) is 13.8 Å². The van der Waals surface area contributed by atoms with Crippen molar-refractivity contribution in [3.63, 3.8) is 0 Å². The van der Waals surface area contributed by atoms with E-state index >= 15 is 0 Å². The van der Waals surface area contributed by atoms with Crippen LogP contribution in [0.1, 0.15) is 37.5 Å². The Balaban J connectivity index is 1.98. The lowest BCUT2D eigenvalue weighted by molar-refractivity contribution is 0.573. The van der Waals surface area contributed by atoms with Crippen LogP contribution in [0.2, 0.25) is 0 Å². The molecule has 2 rings (SSSR count). The number of nitrogens with one attached hydrogen (secondary N) is 2. The molecule has 0 spiro atoms. The number of hydrogen-bond donors (Lipinski definition) is 2. The van der Waals surface area contributed by atoms with Crippen LogP contribution in [-0.4, -0.2) is 16.0 Å². The maximum atomic E-state index is 4.54. The molecule has 0 unspecified atom stereocenters. The number of imidazole rings is 1. The summed E-state index contributed by atoms with van der Waals surface area (Å²) in [7, 11) is 0. The number of rotatable bonds is 3. The Labute approximate surface area is 79.0 Å². The predicted octanol–water partition coefficient (Wildman–Crippen LogP) is 1.40. The summed E-state index contributed by atoms with van der Waals surface area (Å²) >= 11 is 0. The highest BCUT2D eigenvalue weighted by molar-refractivity contribution is 5.19. The van der Waals surface area contributed by atoms with Gasteiger partial charge in [0, 0.05) is 11.7 Å². The first-order valence-electron chi connectivity index (χ1n) is 5.05. The van der Waals surface area contributed by atoms with Crippen molar-refractivity contribution in [2.45, 2.75) is 45.7 Å². The molecule has 0 atom stereocenters. The van der Waals surface area contributed by atoms with Crippen LogP contribution >= 0.6 is 0 Å². The number of nitrogens with zero attached hydrogens (tertiary/aromatic N) is 1. The topological polar surface area (TPSA) is 40.7 Å². The molecule has 1 aliphatic carbocycles. The molecular weight excluding hydrogens is 162 g/mol. The number of aromatic nitrogens is 2. The van der Waals surface area contributed by atoms with Crippen molar-refractivity contribution in [1.82, 2.24) is 15.3 Å². The second kappa shape index (κ2) is 3.50. The number of aromatic amines is 1. The molecule has 0 fully saturated rings. The lowest BCUT2D eigenvalue weighted by Crippen LogP contribution is -2.22. The number of aryl methyl sites for hydroxylation is 2. The zero-order valence-electron chi connectivity index (χ0n) is 8.35. The minimum absolute atomic E-state index is 0.528. The van der Waals surface area contributed by atoms with Gasteiger partial charge in [-0.05, 0) is 19.3 Å². The van der Waals surface area contributed by atoms with Crippen molar-refractivity contribution in [1.29, 1.82) is 0 Å². The monoisotopic (exact) mass is 179 g/mol. The van der Waals surface area contributed by atoms with Crippen molar-refractivity contribution < 1.29 is 0 Å². The Morgan fingerprint density at radius 3 is 3.00 bits per heavy atom. The molecular formula is C10H17N3. The van der Waals surface area contributed by atoms with E-state index in [1.807, 2.05) is 0 Å². The van der Waals surface area contributed by atoms with Crippen LogP contribution in [0.4, 0.5) is 0 Å². The van der Waals surface area contributed by atoms with Gasteiger partial charge in [0.15, 0.2) is 0 Å². The zero-order valence-corrected chi connectivity index (χ0v) is 8.35. The third-order valence-electron chi connectivity index (χ3n) is 2.43. The molecule has 0 saturated carbocycles. The lowest BCUT2D eigenvalue weighted by Gasteiger charge is -2.04. The Morgan fingerprint density at radius 1 is 1.46 bits per heavy atom. The minimum Gasteiger partial charge on any atom is -0.345 e. The van der Waals surface area contributed by atoms with E-state index in [0.717, 1.165) is 18.8 Å². The first kappa shape index (κ1) is 8.75. The fraction of sp³-hybridized carbons (Fsp3) is 0.700. The van der Waals surface area contributed by atoms with Crippen molar-refractivity contribution in [3.8, 4) is 0 Å². The second-order valence-corrected chi connectivity index (χ2v) is 4.00. The minimum atomic E-state index is 0.528. The highest BCUT2D eigenvalue weighted by Gasteiger charge is 2.15. The Morgan fingerprint density at radius 2 is 2.31 bits per heavy atom. The highest BCUT2D eigenvalue weighted by Crippen LogP contribution is 2.18. The van der Waals surface area contributed by atoms with Gasteiger partial charge in [0.05, 0.1) is 12.2 Å². The molecule has 0 radical (unpaired) electrons. The number of fused-ring (bicyclic) bond motifs is 1. The first-order valence-corrected chi connectivity index (χ1v) is 5.05. The van der Waals surface area contributed by atoms with Crippen LogP contribution in [-0.2, 0) is 19.4 Å². The quantitative estimate of drug-likeness (QED) is 0.736. The van der Waals surface area contributed by atoms with Gasteiger partial charge in [0.25, 0.3) is 0 Å². The van der Waals surface area contributed by atoms with Gasteiger partial charge in [0.1, 0.15) is 5.82 Å². The fourth-order valence-corrected chi connectivity index (χ4v) is 1.74. The van der Waals surface area contributed by atoms with Crippen molar-refractivity contribution >= 4 is 0 Å². The van der Waals surface area contributed by atoms with Gasteiger partial charge in [-0.3, -0.25) is 0 Å². The smallest absolute Gasteiger partial charge is 0.120 e. The molecule has 3 heteroatoms. The van der Waals surface area contributed by atoms with E-state index < -0.39 is 0 Å². The molecule has 0 bridgehead atoms. The summed E-state index contributed by atoms with van der Waals surface area (Å²) in [6.45, 7) is 5.16. The fourth-order valence-electron chi connectivity index (χ4n) is 1.74. The standard InChI is InChI=1S/C10H17N3/c1-7(2)11-6-10-12-8-4-3-5-9(8)13-10/h7,11H,3-6H2,1-2H3,(H,12,13). The summed E-state index contributed by atoms with van der Waals surface area (Å²) in [6, 6.07) is 0.528. The molecule has 1 aromatic rings. The van der Waals surface area contributed by atoms with Crippen LogP contribution in [0, 0.1) is 0 Å². The van der Waals surface area contributed by atoms with Crippen LogP contribution in [0.3, 0.4) is 0 Å². The Kier molecular flexibility index (Phi) is 2.36. The molecule has 13 heavy (non-hydrogen) atoms. The molecule has 1 aromatic heterocycles. The van der Waals surface area contributed by atoms with Crippen LogP contribution in [0.5, 0.6) is 0 Å². The summed E-state index contributed by atoms with van der Waals surface area (Å²) in [5.41, 5.74) is 2.65. The normalized spacial score (nSPS) is 15.3. The predicted molar refractivity (Wildman–Crippen MR) is 52.6 cm³/mol. The molecule has 3 nitrogen and oxygen atoms in total. The molecule has 0 amide bonds. The molecule has 1 aliphatic rings. The average molecular weight is 179 g/mol. The van der Waals surface area contributed by atoms with Gasteiger partial charge in [-0.25, -0.2) is 4.98 Å². The molecule has 0 saturated heterocycles. The zero-order chi connectivity index (χ0) is 9.26. The number of H-pyrrole nitrogens is 1. The summed E-state index contributed by atoms with van der Waals surface area (Å²) in [5, 5.41) is 3.36. The van der Waals surface area contributed by atoms with E-state index in [-0.39, 0.29) is 0 Å². The van der Waals surface area contributed by atoms with E-state index in [2.05, 4.69) is 29.1 Å². The third-order valence-corrected chi connectivity index (χ3v) is 2.43. The van der Waals surface area contributed by atoms with E-state index in [0.29, 0.717) is 6.04 Å². The van der Waals surface area contributed by atoms with Gasteiger partial charge >= 0.3 is 0 Å². The molecule has 0 aliphatic heterocycles. The molecule has 72 valence electrons. The summed E-state index contributed by atoms with van der Waals surface area (Å²) in [4.78, 5) is 7.92. The second-order valence-electron chi connectivity index (χ2n) is 4.00. The first-order chi connectivity index (χ1) is 6.25. The van der Waals surface area contributed by atoms with Gasteiger partial charge in [-0.2, -0.15) is 0 Å². The van der Waals surface area contributed by atoms with Crippen LogP contribution in [0.15, 0.2) is 0 Å². The Bertz CT molecular complexity index is 267. The van der Waals surface area contributed by atoms with Crippen LogP contribution in [0.25, 0.3) is 0 Å². The summed E-state index contributed by atoms with van der Waals surface area (Å²) in [6.07, 6.45) is 3.61. The van der Waals surface area contributed by atoms with Gasteiger partial charge < -0.3 is 10.3 Å². The van der Waals surface area contributed by atoms with E-state index in [9.17, 15) is 0 Å². The molecule has 2 N–H and O–H groups in total. The average Bonchev–Trinajstić information content (AvgIpc) is 2.58. The Hall–Kier alpha value is -0.830. The van der Waals surface area contributed by atoms with E-state index in [1.165, 1.54) is 24.2 Å². The summed E-state index contributed by atoms with van der Waals surface area (Å²) < 4.78 is 0. The number of hydrogen-bond acceptors (Lipinski definition) is 2. The highest BCUT2D eigenvalue weighted by atomic mass is 15.0. The maximum Gasteiger partial charge on any atom is 0.120 e. The van der Waals surface area contributed by atoms with Crippen molar-refractivity contribution in [2.24, 2.45) is 0 Å². The lowest BCUT2D eigenvalue weighted by atomic mass is 10.3. The maximum absolute atomic E-state index is 4.54. The van der Waals surface area contributed by atoms with E-state index in [1.54, 1.807) is 0 Å². The van der Waals surface area contributed by atoms with Gasteiger partial charge in [0.2, 0.25) is 0 Å². The van der Waals surface area contributed by atoms with Crippen LogP contribution < -0.4 is 5.32 Å². The largest absolute Gasteiger partial charge is 0.345 e. The van der Waals surface area contributed by atoms with E-state index in [4.69, 9.17) is 0 Å². The van der Waals surface area contributed by atoms with Crippen molar-refractivity contribution in [3.05, 3.63) is 17.2 Å². The summed E-state index contributed by atoms with van der Waals surface area (Å²) in [5.74, 6) is 1.10. The third kappa shape index (κ3) is 1.91. The van der Waals surface area contributed by atoms with Crippen molar-refractivity contribution in [2.75, 3.05) is 0 Å².